The molecule has 5 heteroatoms. The Morgan fingerprint density at radius 3 is 1.97 bits per heavy atom. The highest BCUT2D eigenvalue weighted by Crippen LogP contribution is 2.29. The van der Waals surface area contributed by atoms with Gasteiger partial charge in [-0.1, -0.05) is 67.6 Å². The van der Waals surface area contributed by atoms with Crippen LogP contribution >= 0.6 is 0 Å². The molecule has 150 valence electrons. The summed E-state index contributed by atoms with van der Waals surface area (Å²) in [5.41, 5.74) is 2.06. The number of carbonyl (C=O) groups is 2. The Hall–Kier alpha value is -3.34. The molecule has 0 spiro atoms. The van der Waals surface area contributed by atoms with Crippen LogP contribution in [0.5, 0.6) is 0 Å². The molecular formula is C24H26N2O3. The summed E-state index contributed by atoms with van der Waals surface area (Å²) in [6.07, 6.45) is 1.75. The van der Waals surface area contributed by atoms with Crippen molar-refractivity contribution in [3.05, 3.63) is 95.9 Å². The fraction of sp³-hybridized carbons (Fsp3) is 0.250. The van der Waals surface area contributed by atoms with E-state index >= 15 is 0 Å². The number of carbonyl (C=O) groups excluding carboxylic acids is 2. The summed E-state index contributed by atoms with van der Waals surface area (Å²) >= 11 is 0. The Bertz CT molecular complexity index is 892. The molecule has 0 aliphatic carbocycles. The van der Waals surface area contributed by atoms with E-state index in [2.05, 4.69) is 10.6 Å². The van der Waals surface area contributed by atoms with Crippen molar-refractivity contribution in [2.75, 3.05) is 0 Å². The van der Waals surface area contributed by atoms with Crippen molar-refractivity contribution in [1.29, 1.82) is 0 Å². The van der Waals surface area contributed by atoms with Crippen molar-refractivity contribution in [3.8, 4) is 0 Å². The lowest BCUT2D eigenvalue weighted by Gasteiger charge is -2.21. The van der Waals surface area contributed by atoms with Gasteiger partial charge in [-0.25, -0.2) is 0 Å². The van der Waals surface area contributed by atoms with Gasteiger partial charge in [-0.15, -0.1) is 0 Å². The van der Waals surface area contributed by atoms with Gasteiger partial charge in [0.1, 0.15) is 5.76 Å². The number of hydrogen-bond acceptors (Lipinski definition) is 3. The van der Waals surface area contributed by atoms with Crippen LogP contribution in [0, 0.1) is 5.92 Å². The topological polar surface area (TPSA) is 71.3 Å². The number of hydrogen-bond donors (Lipinski definition) is 2. The van der Waals surface area contributed by atoms with E-state index < -0.39 is 5.92 Å². The van der Waals surface area contributed by atoms with Gasteiger partial charge in [0.2, 0.25) is 11.8 Å². The van der Waals surface area contributed by atoms with Crippen LogP contribution in [-0.4, -0.2) is 11.8 Å². The van der Waals surface area contributed by atoms with Gasteiger partial charge < -0.3 is 15.1 Å². The Morgan fingerprint density at radius 2 is 1.41 bits per heavy atom. The third kappa shape index (κ3) is 6.07. The molecule has 2 atom stereocenters. The zero-order chi connectivity index (χ0) is 20.5. The fourth-order valence-corrected chi connectivity index (χ4v) is 3.22. The lowest BCUT2D eigenvalue weighted by Crippen LogP contribution is -2.34. The standard InChI is InChI=1S/C24H26N2O3/c1-18(24(28)26-17-20-11-6-3-7-12-20)21(22-13-8-14-29-22)15-23(27)25-16-19-9-4-2-5-10-19/h2-14,18,21H,15-17H2,1H3,(H,25,27)(H,26,28)/t18-,21-/m0/s1. The maximum Gasteiger partial charge on any atom is 0.223 e. The Kier molecular flexibility index (Phi) is 7.22. The van der Waals surface area contributed by atoms with Gasteiger partial charge in [0.05, 0.1) is 6.26 Å². The molecule has 0 unspecified atom stereocenters. The summed E-state index contributed by atoms with van der Waals surface area (Å²) in [6, 6.07) is 23.1. The summed E-state index contributed by atoms with van der Waals surface area (Å²) in [5.74, 6) is -0.324. The second kappa shape index (κ2) is 10.3. The molecule has 0 saturated heterocycles. The highest BCUT2D eigenvalue weighted by Gasteiger charge is 2.29. The van der Waals surface area contributed by atoms with Gasteiger partial charge >= 0.3 is 0 Å². The van der Waals surface area contributed by atoms with Crippen molar-refractivity contribution in [1.82, 2.24) is 10.6 Å². The van der Waals surface area contributed by atoms with Crippen LogP contribution in [0.15, 0.2) is 83.5 Å². The molecule has 0 bridgehead atoms. The smallest absolute Gasteiger partial charge is 0.223 e. The van der Waals surface area contributed by atoms with E-state index in [0.29, 0.717) is 18.8 Å². The highest BCUT2D eigenvalue weighted by molar-refractivity contribution is 5.82. The predicted octanol–water partition coefficient (Wildman–Crippen LogP) is 4.02. The van der Waals surface area contributed by atoms with Crippen LogP contribution in [0.1, 0.15) is 36.1 Å². The minimum absolute atomic E-state index is 0.105. The molecule has 3 rings (SSSR count). The van der Waals surface area contributed by atoms with Crippen molar-refractivity contribution >= 4 is 11.8 Å². The number of benzene rings is 2. The summed E-state index contributed by atoms with van der Waals surface area (Å²) in [5, 5.41) is 5.89. The maximum absolute atomic E-state index is 12.7. The van der Waals surface area contributed by atoms with Crippen molar-refractivity contribution < 1.29 is 14.0 Å². The van der Waals surface area contributed by atoms with Gasteiger partial charge in [0.25, 0.3) is 0 Å². The molecule has 0 aliphatic rings. The molecule has 0 radical (unpaired) electrons. The first kappa shape index (κ1) is 20.4. The summed E-state index contributed by atoms with van der Waals surface area (Å²) in [4.78, 5) is 25.3. The molecule has 29 heavy (non-hydrogen) atoms. The normalized spacial score (nSPS) is 12.7. The molecule has 0 fully saturated rings. The first-order chi connectivity index (χ1) is 14.1. The number of amides is 2. The van der Waals surface area contributed by atoms with Crippen molar-refractivity contribution in [3.63, 3.8) is 0 Å². The van der Waals surface area contributed by atoms with E-state index in [1.165, 1.54) is 0 Å². The Morgan fingerprint density at radius 1 is 0.828 bits per heavy atom. The van der Waals surface area contributed by atoms with Crippen LogP contribution in [0.2, 0.25) is 0 Å². The third-order valence-corrected chi connectivity index (χ3v) is 4.97. The molecule has 1 heterocycles. The molecule has 2 aromatic carbocycles. The van der Waals surface area contributed by atoms with E-state index in [1.807, 2.05) is 73.7 Å². The molecule has 0 aliphatic heterocycles. The summed E-state index contributed by atoms with van der Waals surface area (Å²) in [7, 11) is 0. The van der Waals surface area contributed by atoms with E-state index in [0.717, 1.165) is 11.1 Å². The zero-order valence-corrected chi connectivity index (χ0v) is 16.5. The van der Waals surface area contributed by atoms with Gasteiger partial charge in [-0.3, -0.25) is 9.59 Å². The monoisotopic (exact) mass is 390 g/mol. The third-order valence-electron chi connectivity index (χ3n) is 4.97. The Labute approximate surface area is 171 Å². The number of rotatable bonds is 9. The average Bonchev–Trinajstić information content (AvgIpc) is 3.30. The van der Waals surface area contributed by atoms with Crippen LogP contribution in [0.25, 0.3) is 0 Å². The minimum Gasteiger partial charge on any atom is -0.469 e. The summed E-state index contributed by atoms with van der Waals surface area (Å²) in [6.45, 7) is 2.74. The average molecular weight is 390 g/mol. The predicted molar refractivity (Wildman–Crippen MR) is 112 cm³/mol. The van der Waals surface area contributed by atoms with Gasteiger partial charge in [-0.05, 0) is 23.3 Å². The minimum atomic E-state index is -0.410. The van der Waals surface area contributed by atoms with Crippen LogP contribution < -0.4 is 10.6 Å². The van der Waals surface area contributed by atoms with Crippen LogP contribution in [-0.2, 0) is 22.7 Å². The van der Waals surface area contributed by atoms with E-state index in [1.54, 1.807) is 12.3 Å². The molecule has 0 saturated carbocycles. The van der Waals surface area contributed by atoms with Gasteiger partial charge in [0, 0.05) is 31.3 Å². The Balaban J connectivity index is 1.60. The summed E-state index contributed by atoms with van der Waals surface area (Å²) < 4.78 is 5.53. The second-order valence-electron chi connectivity index (χ2n) is 7.08. The van der Waals surface area contributed by atoms with Crippen LogP contribution in [0.3, 0.4) is 0 Å². The molecular weight excluding hydrogens is 364 g/mol. The van der Waals surface area contributed by atoms with Crippen LogP contribution in [0.4, 0.5) is 0 Å². The van der Waals surface area contributed by atoms with E-state index in [4.69, 9.17) is 4.42 Å². The fourth-order valence-electron chi connectivity index (χ4n) is 3.22. The van der Waals surface area contributed by atoms with Crippen molar-refractivity contribution in [2.24, 2.45) is 5.92 Å². The molecule has 2 amide bonds. The van der Waals surface area contributed by atoms with Crippen molar-refractivity contribution in [2.45, 2.75) is 32.4 Å². The maximum atomic E-state index is 12.7. The zero-order valence-electron chi connectivity index (χ0n) is 16.5. The number of furan rings is 1. The van der Waals surface area contributed by atoms with E-state index in [-0.39, 0.29) is 24.2 Å². The molecule has 2 N–H and O–H groups in total. The van der Waals surface area contributed by atoms with E-state index in [9.17, 15) is 9.59 Å². The largest absolute Gasteiger partial charge is 0.469 e. The lowest BCUT2D eigenvalue weighted by molar-refractivity contribution is -0.126. The number of nitrogens with one attached hydrogen (secondary N) is 2. The SMILES string of the molecule is C[C@H](C(=O)NCc1ccccc1)[C@H](CC(=O)NCc1ccccc1)c1ccco1. The molecule has 1 aromatic heterocycles. The quantitative estimate of drug-likeness (QED) is 0.580. The first-order valence-electron chi connectivity index (χ1n) is 9.79. The highest BCUT2D eigenvalue weighted by atomic mass is 16.3. The van der Waals surface area contributed by atoms with Gasteiger partial charge in [-0.2, -0.15) is 0 Å². The van der Waals surface area contributed by atoms with Gasteiger partial charge in [0.15, 0.2) is 0 Å². The molecule has 3 aromatic rings. The first-order valence-corrected chi connectivity index (χ1v) is 9.79. The lowest BCUT2D eigenvalue weighted by atomic mass is 9.87. The molecule has 5 nitrogen and oxygen atoms in total. The second-order valence-corrected chi connectivity index (χ2v) is 7.08.